The number of carboxylic acids is 1. The van der Waals surface area contributed by atoms with E-state index in [0.717, 1.165) is 11.0 Å². The third-order valence-electron chi connectivity index (χ3n) is 6.36. The van der Waals surface area contributed by atoms with Crippen molar-refractivity contribution in [2.45, 2.75) is 25.2 Å². The van der Waals surface area contributed by atoms with E-state index < -0.39 is 41.6 Å². The number of fused-ring (bicyclic) bond motifs is 1. The first-order valence-corrected chi connectivity index (χ1v) is 12.0. The molecule has 2 N–H and O–H groups in total. The molecule has 0 saturated carbocycles. The number of aromatic carboxylic acids is 1. The molecule has 1 aliphatic rings. The molecule has 200 valence electrons. The molecule has 4 aromatic rings. The number of nitrogens with one attached hydrogen (secondary N) is 1. The normalized spacial score (nSPS) is 17.0. The summed E-state index contributed by atoms with van der Waals surface area (Å²) in [5.41, 5.74) is 0.237. The average molecular weight is 558 g/mol. The maximum atomic E-state index is 14.4. The van der Waals surface area contributed by atoms with Gasteiger partial charge in [-0.05, 0) is 24.3 Å². The van der Waals surface area contributed by atoms with Crippen molar-refractivity contribution >= 4 is 46.1 Å². The van der Waals surface area contributed by atoms with E-state index in [1.54, 1.807) is 0 Å². The van der Waals surface area contributed by atoms with Gasteiger partial charge in [0.25, 0.3) is 0 Å². The van der Waals surface area contributed by atoms with Crippen LogP contribution in [-0.4, -0.2) is 61.1 Å². The first kappa shape index (κ1) is 26.2. The van der Waals surface area contributed by atoms with E-state index in [1.807, 2.05) is 0 Å². The van der Waals surface area contributed by atoms with Crippen LogP contribution in [0.4, 0.5) is 19.0 Å². The third-order valence-corrected chi connectivity index (χ3v) is 6.66. The largest absolute Gasteiger partial charge is 0.478 e. The molecule has 4 heterocycles. The number of amides is 2. The topological polar surface area (TPSA) is 117 Å². The molecular formula is C26H19ClF3N5O4. The summed E-state index contributed by atoms with van der Waals surface area (Å²) >= 11 is 5.99. The first-order valence-electron chi connectivity index (χ1n) is 11.6. The molecule has 9 nitrogen and oxygen atoms in total. The second-order valence-corrected chi connectivity index (χ2v) is 9.31. The van der Waals surface area contributed by atoms with Gasteiger partial charge in [-0.1, -0.05) is 17.7 Å². The van der Waals surface area contributed by atoms with Crippen LogP contribution in [0.2, 0.25) is 5.02 Å². The van der Waals surface area contributed by atoms with Gasteiger partial charge >= 0.3 is 5.97 Å². The minimum Gasteiger partial charge on any atom is -0.478 e. The van der Waals surface area contributed by atoms with Crippen molar-refractivity contribution < 1.29 is 32.7 Å². The van der Waals surface area contributed by atoms with Crippen LogP contribution in [0.1, 0.15) is 16.8 Å². The lowest BCUT2D eigenvalue weighted by Gasteiger charge is -2.24. The summed E-state index contributed by atoms with van der Waals surface area (Å²) in [5, 5.41) is 12.2. The summed E-state index contributed by atoms with van der Waals surface area (Å²) in [6.45, 7) is -0.675. The fraction of sp³-hybridized carbons (Fsp3) is 0.192. The van der Waals surface area contributed by atoms with E-state index in [0.29, 0.717) is 17.0 Å². The summed E-state index contributed by atoms with van der Waals surface area (Å²) in [5.74, 6) is -4.32. The van der Waals surface area contributed by atoms with Gasteiger partial charge in [0, 0.05) is 30.3 Å². The minimum atomic E-state index is -1.46. The van der Waals surface area contributed by atoms with Crippen molar-refractivity contribution in [2.75, 3.05) is 11.9 Å². The van der Waals surface area contributed by atoms with Crippen molar-refractivity contribution in [1.82, 2.24) is 19.4 Å². The number of rotatable bonds is 6. The Morgan fingerprint density at radius 1 is 1.18 bits per heavy atom. The van der Waals surface area contributed by atoms with E-state index in [-0.39, 0.29) is 47.2 Å². The fourth-order valence-electron chi connectivity index (χ4n) is 4.62. The number of benzene rings is 1. The lowest BCUT2D eigenvalue weighted by Crippen LogP contribution is -2.44. The number of aromatic nitrogens is 3. The minimum absolute atomic E-state index is 0.0134. The van der Waals surface area contributed by atoms with Crippen molar-refractivity contribution in [3.8, 4) is 11.3 Å². The number of carbonyl (C=O) groups is 3. The molecule has 2 atom stereocenters. The number of alkyl halides is 1. The molecule has 39 heavy (non-hydrogen) atoms. The highest BCUT2D eigenvalue weighted by molar-refractivity contribution is 6.33. The molecular weight excluding hydrogens is 539 g/mol. The highest BCUT2D eigenvalue weighted by atomic mass is 35.5. The molecule has 1 aromatic carbocycles. The molecule has 13 heteroatoms. The summed E-state index contributed by atoms with van der Waals surface area (Å²) in [6, 6.07) is 6.22. The molecule has 1 aliphatic heterocycles. The Kier molecular flexibility index (Phi) is 6.96. The predicted molar refractivity (Wildman–Crippen MR) is 135 cm³/mol. The van der Waals surface area contributed by atoms with Crippen LogP contribution in [-0.2, 0) is 16.1 Å². The highest BCUT2D eigenvalue weighted by Crippen LogP contribution is 2.31. The van der Waals surface area contributed by atoms with Crippen molar-refractivity contribution in [1.29, 1.82) is 0 Å². The van der Waals surface area contributed by atoms with Crippen LogP contribution in [0.3, 0.4) is 0 Å². The van der Waals surface area contributed by atoms with Gasteiger partial charge in [-0.25, -0.2) is 22.9 Å². The van der Waals surface area contributed by atoms with Gasteiger partial charge in [0.1, 0.15) is 36.2 Å². The maximum Gasteiger partial charge on any atom is 0.337 e. The van der Waals surface area contributed by atoms with Gasteiger partial charge in [0.2, 0.25) is 11.8 Å². The maximum absolute atomic E-state index is 14.4. The van der Waals surface area contributed by atoms with Crippen LogP contribution in [0, 0.1) is 11.6 Å². The Morgan fingerprint density at radius 3 is 2.72 bits per heavy atom. The Hall–Kier alpha value is -4.45. The highest BCUT2D eigenvalue weighted by Gasteiger charge is 2.40. The van der Waals surface area contributed by atoms with Gasteiger partial charge in [-0.3, -0.25) is 14.6 Å². The number of anilines is 1. The molecule has 0 spiro atoms. The Labute approximate surface area is 223 Å². The summed E-state index contributed by atoms with van der Waals surface area (Å²) in [4.78, 5) is 47.1. The van der Waals surface area contributed by atoms with Crippen molar-refractivity contribution in [2.24, 2.45) is 0 Å². The second-order valence-electron chi connectivity index (χ2n) is 8.91. The van der Waals surface area contributed by atoms with Gasteiger partial charge in [0.05, 0.1) is 40.1 Å². The van der Waals surface area contributed by atoms with Gasteiger partial charge in [-0.2, -0.15) is 0 Å². The Bertz CT molecular complexity index is 1610. The monoisotopic (exact) mass is 557 g/mol. The molecule has 2 amide bonds. The number of pyridine rings is 2. The number of nitrogens with zero attached hydrogens (tertiary/aromatic N) is 4. The van der Waals surface area contributed by atoms with Gasteiger partial charge in [-0.15, -0.1) is 0 Å². The number of carbonyl (C=O) groups excluding carboxylic acids is 2. The number of hydrogen-bond donors (Lipinski definition) is 2. The number of hydrogen-bond acceptors (Lipinski definition) is 5. The van der Waals surface area contributed by atoms with Crippen molar-refractivity contribution in [3.05, 3.63) is 77.2 Å². The number of halogens is 4. The zero-order valence-electron chi connectivity index (χ0n) is 19.9. The molecule has 1 saturated heterocycles. The smallest absolute Gasteiger partial charge is 0.337 e. The summed E-state index contributed by atoms with van der Waals surface area (Å²) in [7, 11) is 0. The molecule has 0 aliphatic carbocycles. The lowest BCUT2D eigenvalue weighted by atomic mass is 10.1. The fourth-order valence-corrected chi connectivity index (χ4v) is 4.92. The molecule has 0 radical (unpaired) electrons. The quantitative estimate of drug-likeness (QED) is 0.365. The summed E-state index contributed by atoms with van der Waals surface area (Å²) in [6.07, 6.45) is 2.41. The van der Waals surface area contributed by atoms with Crippen LogP contribution >= 0.6 is 11.6 Å². The van der Waals surface area contributed by atoms with E-state index in [4.69, 9.17) is 11.6 Å². The van der Waals surface area contributed by atoms with E-state index in [2.05, 4.69) is 15.3 Å². The van der Waals surface area contributed by atoms with Crippen LogP contribution in [0.25, 0.3) is 22.2 Å². The van der Waals surface area contributed by atoms with Crippen LogP contribution in [0.5, 0.6) is 0 Å². The second kappa shape index (κ2) is 10.4. The van der Waals surface area contributed by atoms with E-state index >= 15 is 0 Å². The zero-order valence-corrected chi connectivity index (χ0v) is 20.7. The molecule has 5 rings (SSSR count). The van der Waals surface area contributed by atoms with Crippen molar-refractivity contribution in [3.63, 3.8) is 0 Å². The predicted octanol–water partition coefficient (Wildman–Crippen LogP) is 4.31. The average Bonchev–Trinajstić information content (AvgIpc) is 3.45. The first-order chi connectivity index (χ1) is 18.6. The standard InChI is InChI=1S/C26H19ClF3N5O4/c27-17-6-13(28)7-18(30)24(17)19-2-1-3-22(32-19)33-25(37)20-8-14(29)10-35(20)23(36)12-34-11-16(26(38)39)15-4-5-31-9-21(15)34/h1-7,9,11,14,20H,8,10,12H2,(H,38,39)(H,32,33,37)/t14-,20+/m1/s1. The molecule has 1 fully saturated rings. The SMILES string of the molecule is O=C(O)c1cn(CC(=O)N2C[C@H](F)C[C@H]2C(=O)Nc2cccc(-c3c(F)cc(F)cc3Cl)n2)c2cnccc12. The summed E-state index contributed by atoms with van der Waals surface area (Å²) < 4.78 is 43.6. The number of likely N-dealkylation sites (tertiary alicyclic amines) is 1. The number of carboxylic acid groups (broad SMARTS) is 1. The van der Waals surface area contributed by atoms with Gasteiger partial charge in [0.15, 0.2) is 0 Å². The molecule has 3 aromatic heterocycles. The molecule has 0 bridgehead atoms. The van der Waals surface area contributed by atoms with E-state index in [9.17, 15) is 32.7 Å². The Morgan fingerprint density at radius 2 is 1.97 bits per heavy atom. The van der Waals surface area contributed by atoms with Gasteiger partial charge < -0.3 is 19.9 Å². The third kappa shape index (κ3) is 5.15. The lowest BCUT2D eigenvalue weighted by molar-refractivity contribution is -0.137. The Balaban J connectivity index is 1.36. The molecule has 0 unspecified atom stereocenters. The van der Waals surface area contributed by atoms with E-state index in [1.165, 1.54) is 47.4 Å². The zero-order chi connectivity index (χ0) is 27.8. The van der Waals surface area contributed by atoms with Crippen LogP contribution < -0.4 is 5.32 Å². The van der Waals surface area contributed by atoms with Crippen LogP contribution in [0.15, 0.2) is 55.0 Å².